The number of carbonyl (C=O) groups is 2. The molecule has 34 heavy (non-hydrogen) atoms. The van der Waals surface area contributed by atoms with Crippen LogP contribution in [0.25, 0.3) is 0 Å². The van der Waals surface area contributed by atoms with E-state index in [0.717, 1.165) is 55.2 Å². The van der Waals surface area contributed by atoms with Crippen molar-refractivity contribution in [3.8, 4) is 5.75 Å². The average Bonchev–Trinajstić information content (AvgIpc) is 3.14. The quantitative estimate of drug-likeness (QED) is 0.147. The number of carbonyl (C=O) groups excluding carboxylic acids is 2. The average molecular weight is 463 g/mol. The van der Waals surface area contributed by atoms with Gasteiger partial charge in [-0.3, -0.25) is 4.79 Å². The van der Waals surface area contributed by atoms with Crippen molar-refractivity contribution in [3.05, 3.63) is 76.9 Å². The van der Waals surface area contributed by atoms with Gasteiger partial charge in [0.2, 0.25) is 0 Å². The zero-order chi connectivity index (χ0) is 24.7. The molecule has 2 aromatic rings. The Morgan fingerprint density at radius 1 is 1.09 bits per heavy atom. The first-order chi connectivity index (χ1) is 16.4. The number of benzene rings is 2. The maximum atomic E-state index is 13.7. The minimum absolute atomic E-state index is 0.130. The Balaban J connectivity index is 2.15. The molecule has 0 aliphatic carbocycles. The number of aryl methyl sites for hydroxylation is 1. The van der Waals surface area contributed by atoms with E-state index >= 15 is 0 Å². The van der Waals surface area contributed by atoms with Crippen molar-refractivity contribution in [1.29, 1.82) is 0 Å². The molecule has 0 amide bonds. The van der Waals surface area contributed by atoms with Crippen molar-refractivity contribution in [3.63, 3.8) is 0 Å². The van der Waals surface area contributed by atoms with E-state index in [-0.39, 0.29) is 23.9 Å². The van der Waals surface area contributed by atoms with Crippen LogP contribution >= 0.6 is 0 Å². The second kappa shape index (κ2) is 11.5. The standard InChI is InChI=1S/C30H38O4/c1-6-9-14-23-18-25(21(4)8-3)27-26(19-23)30(29(32)34-27,24-15-12-11-13-16-24)20-22(5)28(31)33-17-10-7-2/h11-13,15-16,18-19,21H,5-10,14,17,20H2,1-4H3. The van der Waals surface area contributed by atoms with Gasteiger partial charge in [-0.1, -0.05) is 89.6 Å². The first-order valence-corrected chi connectivity index (χ1v) is 12.7. The number of hydrogen-bond acceptors (Lipinski definition) is 4. The molecular weight excluding hydrogens is 424 g/mol. The molecule has 2 unspecified atom stereocenters. The van der Waals surface area contributed by atoms with E-state index in [0.29, 0.717) is 12.4 Å². The maximum Gasteiger partial charge on any atom is 0.333 e. The van der Waals surface area contributed by atoms with Gasteiger partial charge in [-0.2, -0.15) is 0 Å². The Bertz CT molecular complexity index is 1020. The summed E-state index contributed by atoms with van der Waals surface area (Å²) in [4.78, 5) is 26.5. The van der Waals surface area contributed by atoms with E-state index in [2.05, 4.69) is 39.5 Å². The fraction of sp³-hybridized carbons (Fsp3) is 0.467. The van der Waals surface area contributed by atoms with Crippen LogP contribution in [0.5, 0.6) is 5.75 Å². The number of hydrogen-bond donors (Lipinski definition) is 0. The summed E-state index contributed by atoms with van der Waals surface area (Å²) in [7, 11) is 0. The number of esters is 2. The van der Waals surface area contributed by atoms with Crippen LogP contribution < -0.4 is 4.74 Å². The molecular formula is C30H38O4. The molecule has 0 spiro atoms. The van der Waals surface area contributed by atoms with Crippen molar-refractivity contribution >= 4 is 11.9 Å². The molecule has 2 aromatic carbocycles. The lowest BCUT2D eigenvalue weighted by atomic mass is 9.70. The van der Waals surface area contributed by atoms with Crippen LogP contribution in [0.15, 0.2) is 54.6 Å². The lowest BCUT2D eigenvalue weighted by Gasteiger charge is -2.28. The minimum Gasteiger partial charge on any atom is -0.462 e. The molecule has 0 saturated heterocycles. The zero-order valence-electron chi connectivity index (χ0n) is 21.1. The maximum absolute atomic E-state index is 13.7. The predicted octanol–water partition coefficient (Wildman–Crippen LogP) is 7.04. The second-order valence-electron chi connectivity index (χ2n) is 9.41. The second-order valence-corrected chi connectivity index (χ2v) is 9.41. The van der Waals surface area contributed by atoms with Gasteiger partial charge in [-0.25, -0.2) is 4.79 Å². The molecule has 0 saturated carbocycles. The highest BCUT2D eigenvalue weighted by Gasteiger charge is 2.52. The first kappa shape index (κ1) is 25.7. The third-order valence-electron chi connectivity index (χ3n) is 6.91. The topological polar surface area (TPSA) is 52.6 Å². The molecule has 1 aliphatic heterocycles. The summed E-state index contributed by atoms with van der Waals surface area (Å²) >= 11 is 0. The Kier molecular flexibility index (Phi) is 8.71. The number of rotatable bonds is 12. The molecule has 2 atom stereocenters. The first-order valence-electron chi connectivity index (χ1n) is 12.7. The molecule has 4 heteroatoms. The molecule has 1 heterocycles. The highest BCUT2D eigenvalue weighted by Crippen LogP contribution is 2.51. The Labute approximate surface area is 204 Å². The van der Waals surface area contributed by atoms with E-state index in [9.17, 15) is 9.59 Å². The van der Waals surface area contributed by atoms with Gasteiger partial charge in [0.15, 0.2) is 0 Å². The third-order valence-corrected chi connectivity index (χ3v) is 6.91. The molecule has 182 valence electrons. The lowest BCUT2D eigenvalue weighted by molar-refractivity contribution is -0.140. The van der Waals surface area contributed by atoms with Crippen LogP contribution in [0.1, 0.15) is 94.4 Å². The minimum atomic E-state index is -1.12. The molecule has 1 aliphatic rings. The number of unbranched alkanes of at least 4 members (excludes halogenated alkanes) is 2. The summed E-state index contributed by atoms with van der Waals surface area (Å²) in [5.74, 6) is 0.0928. The fourth-order valence-corrected chi connectivity index (χ4v) is 4.61. The van der Waals surface area contributed by atoms with Crippen LogP contribution in [0.3, 0.4) is 0 Å². The molecule has 4 nitrogen and oxygen atoms in total. The summed E-state index contributed by atoms with van der Waals surface area (Å²) < 4.78 is 11.5. The molecule has 0 N–H and O–H groups in total. The summed E-state index contributed by atoms with van der Waals surface area (Å²) in [6.45, 7) is 12.9. The lowest BCUT2D eigenvalue weighted by Crippen LogP contribution is -2.36. The van der Waals surface area contributed by atoms with Crippen molar-refractivity contribution < 1.29 is 19.1 Å². The molecule has 0 aromatic heterocycles. The SMILES string of the molecule is C=C(CC1(c2ccccc2)C(=O)Oc2c(C(C)CC)cc(CCCC)cc21)C(=O)OCCCC. The highest BCUT2D eigenvalue weighted by molar-refractivity contribution is 5.98. The van der Waals surface area contributed by atoms with Gasteiger partial charge in [0.05, 0.1) is 6.61 Å². The van der Waals surface area contributed by atoms with E-state index < -0.39 is 11.4 Å². The molecule has 0 fully saturated rings. The van der Waals surface area contributed by atoms with Gasteiger partial charge in [0, 0.05) is 17.6 Å². The summed E-state index contributed by atoms with van der Waals surface area (Å²) in [6.07, 6.45) is 5.91. The fourth-order valence-electron chi connectivity index (χ4n) is 4.61. The van der Waals surface area contributed by atoms with Gasteiger partial charge in [-0.05, 0) is 48.3 Å². The van der Waals surface area contributed by atoms with Crippen molar-refractivity contribution in [2.24, 2.45) is 0 Å². The van der Waals surface area contributed by atoms with Gasteiger partial charge >= 0.3 is 11.9 Å². The van der Waals surface area contributed by atoms with E-state index in [4.69, 9.17) is 9.47 Å². The Hall–Kier alpha value is -2.88. The monoisotopic (exact) mass is 462 g/mol. The van der Waals surface area contributed by atoms with E-state index in [1.165, 1.54) is 5.56 Å². The largest absolute Gasteiger partial charge is 0.462 e. The number of fused-ring (bicyclic) bond motifs is 1. The van der Waals surface area contributed by atoms with Gasteiger partial charge in [0.25, 0.3) is 0 Å². The Morgan fingerprint density at radius 2 is 1.79 bits per heavy atom. The predicted molar refractivity (Wildman–Crippen MR) is 136 cm³/mol. The molecule has 0 bridgehead atoms. The van der Waals surface area contributed by atoms with Gasteiger partial charge in [-0.15, -0.1) is 0 Å². The smallest absolute Gasteiger partial charge is 0.333 e. The summed E-state index contributed by atoms with van der Waals surface area (Å²) in [6, 6.07) is 14.0. The number of ether oxygens (including phenoxy) is 2. The van der Waals surface area contributed by atoms with Crippen molar-refractivity contribution in [2.45, 2.75) is 84.0 Å². The van der Waals surface area contributed by atoms with Crippen LogP contribution in [-0.2, 0) is 26.2 Å². The van der Waals surface area contributed by atoms with Crippen LogP contribution in [-0.4, -0.2) is 18.5 Å². The summed E-state index contributed by atoms with van der Waals surface area (Å²) in [5.41, 5.74) is 3.08. The highest BCUT2D eigenvalue weighted by atomic mass is 16.5. The van der Waals surface area contributed by atoms with E-state index in [1.807, 2.05) is 37.3 Å². The van der Waals surface area contributed by atoms with Crippen molar-refractivity contribution in [2.75, 3.05) is 6.61 Å². The van der Waals surface area contributed by atoms with Crippen molar-refractivity contribution in [1.82, 2.24) is 0 Å². The van der Waals surface area contributed by atoms with Gasteiger partial charge < -0.3 is 9.47 Å². The third kappa shape index (κ3) is 5.11. The zero-order valence-corrected chi connectivity index (χ0v) is 21.1. The Morgan fingerprint density at radius 3 is 2.44 bits per heavy atom. The molecule has 0 radical (unpaired) electrons. The molecule has 3 rings (SSSR count). The van der Waals surface area contributed by atoms with Crippen LogP contribution in [0, 0.1) is 0 Å². The van der Waals surface area contributed by atoms with Crippen LogP contribution in [0.2, 0.25) is 0 Å². The van der Waals surface area contributed by atoms with Crippen LogP contribution in [0.4, 0.5) is 0 Å². The normalized spacial score (nSPS) is 17.7. The van der Waals surface area contributed by atoms with Gasteiger partial charge in [0.1, 0.15) is 11.2 Å². The summed E-state index contributed by atoms with van der Waals surface area (Å²) in [5, 5.41) is 0. The van der Waals surface area contributed by atoms with E-state index in [1.54, 1.807) is 0 Å².